The Morgan fingerprint density at radius 3 is 2.47 bits per heavy atom. The van der Waals surface area contributed by atoms with E-state index in [-0.39, 0.29) is 0 Å². The predicted octanol–water partition coefficient (Wildman–Crippen LogP) is 3.36. The summed E-state index contributed by atoms with van der Waals surface area (Å²) in [7, 11) is 0. The van der Waals surface area contributed by atoms with E-state index in [0.717, 1.165) is 19.1 Å². The Balaban J connectivity index is 2.47. The van der Waals surface area contributed by atoms with E-state index in [1.165, 1.54) is 31.8 Å². The predicted molar refractivity (Wildman–Crippen MR) is 62.3 cm³/mol. The zero-order chi connectivity index (χ0) is 11.1. The van der Waals surface area contributed by atoms with Gasteiger partial charge >= 0.3 is 0 Å². The molecular formula is C13H22O2. The molecule has 0 radical (unpaired) electrons. The molecule has 0 N–H and O–H groups in total. The van der Waals surface area contributed by atoms with E-state index in [1.807, 2.05) is 0 Å². The lowest BCUT2D eigenvalue weighted by Crippen LogP contribution is -2.32. The van der Waals surface area contributed by atoms with Gasteiger partial charge in [-0.05, 0) is 18.3 Å². The summed E-state index contributed by atoms with van der Waals surface area (Å²) >= 11 is 0. The molecule has 1 fully saturated rings. The first-order valence-electron chi connectivity index (χ1n) is 5.74. The van der Waals surface area contributed by atoms with Crippen molar-refractivity contribution in [2.75, 3.05) is 13.2 Å². The number of hydrogen-bond acceptors (Lipinski definition) is 2. The average Bonchev–Trinajstić information content (AvgIpc) is 2.25. The topological polar surface area (TPSA) is 18.5 Å². The molecule has 0 amide bonds. The van der Waals surface area contributed by atoms with Gasteiger partial charge in [0.2, 0.25) is 0 Å². The Kier molecular flexibility index (Phi) is 5.30. The second kappa shape index (κ2) is 6.54. The lowest BCUT2D eigenvalue weighted by atomic mass is 9.73. The summed E-state index contributed by atoms with van der Waals surface area (Å²) in [5.41, 5.74) is 0. The highest BCUT2D eigenvalue weighted by Gasteiger charge is 2.31. The molecule has 3 unspecified atom stereocenters. The van der Waals surface area contributed by atoms with Crippen LogP contribution in [0.4, 0.5) is 0 Å². The van der Waals surface area contributed by atoms with E-state index in [1.54, 1.807) is 0 Å². The molecule has 15 heavy (non-hydrogen) atoms. The lowest BCUT2D eigenvalue weighted by Gasteiger charge is -2.35. The van der Waals surface area contributed by atoms with Gasteiger partial charge in [-0.3, -0.25) is 0 Å². The highest BCUT2D eigenvalue weighted by atomic mass is 16.5. The quantitative estimate of drug-likeness (QED) is 0.626. The summed E-state index contributed by atoms with van der Waals surface area (Å²) < 4.78 is 10.7. The Hall–Kier alpha value is -0.920. The van der Waals surface area contributed by atoms with E-state index < -0.39 is 0 Å². The first kappa shape index (κ1) is 12.2. The zero-order valence-electron chi connectivity index (χ0n) is 9.65. The van der Waals surface area contributed by atoms with Crippen molar-refractivity contribution >= 4 is 0 Å². The normalized spacial score (nSPS) is 30.6. The third-order valence-corrected chi connectivity index (χ3v) is 3.41. The molecule has 3 atom stereocenters. The summed E-state index contributed by atoms with van der Waals surface area (Å²) in [5.74, 6) is 1.92. The smallest absolute Gasteiger partial charge is 0.0907 e. The van der Waals surface area contributed by atoms with Crippen molar-refractivity contribution in [1.29, 1.82) is 0 Å². The summed E-state index contributed by atoms with van der Waals surface area (Å²) in [6.45, 7) is 11.0. The Labute approximate surface area is 93.0 Å². The Morgan fingerprint density at radius 1 is 1.13 bits per heavy atom. The molecule has 0 aromatic carbocycles. The highest BCUT2D eigenvalue weighted by Crippen LogP contribution is 2.35. The third kappa shape index (κ3) is 3.61. The minimum Gasteiger partial charge on any atom is -0.502 e. The fraction of sp³-hybridized carbons (Fsp3) is 0.692. The van der Waals surface area contributed by atoms with Gasteiger partial charge in [0.05, 0.1) is 25.7 Å². The van der Waals surface area contributed by atoms with E-state index in [4.69, 9.17) is 9.47 Å². The molecule has 0 heterocycles. The van der Waals surface area contributed by atoms with Gasteiger partial charge < -0.3 is 9.47 Å². The molecule has 2 heteroatoms. The summed E-state index contributed by atoms with van der Waals surface area (Å²) in [6, 6.07) is 0. The van der Waals surface area contributed by atoms with Crippen LogP contribution in [0.15, 0.2) is 25.7 Å². The van der Waals surface area contributed by atoms with Crippen molar-refractivity contribution in [3.05, 3.63) is 25.7 Å². The first-order chi connectivity index (χ1) is 7.29. The monoisotopic (exact) mass is 210 g/mol. The van der Waals surface area contributed by atoms with Gasteiger partial charge in [-0.15, -0.1) is 0 Å². The number of hydrogen-bond donors (Lipinski definition) is 0. The van der Waals surface area contributed by atoms with Gasteiger partial charge in [-0.1, -0.05) is 32.9 Å². The van der Waals surface area contributed by atoms with Crippen molar-refractivity contribution in [2.45, 2.75) is 26.2 Å². The maximum atomic E-state index is 5.34. The van der Waals surface area contributed by atoms with Gasteiger partial charge in [0.25, 0.3) is 0 Å². The second-order valence-corrected chi connectivity index (χ2v) is 4.33. The maximum absolute atomic E-state index is 5.34. The molecule has 1 aliphatic carbocycles. The van der Waals surface area contributed by atoms with Gasteiger partial charge in [0, 0.05) is 5.92 Å². The molecule has 0 spiro atoms. The van der Waals surface area contributed by atoms with Crippen molar-refractivity contribution < 1.29 is 9.47 Å². The van der Waals surface area contributed by atoms with Crippen LogP contribution in [0.25, 0.3) is 0 Å². The number of rotatable bonds is 6. The minimum absolute atomic E-state index is 0.594. The maximum Gasteiger partial charge on any atom is 0.0907 e. The molecule has 0 aromatic rings. The Bertz CT molecular complexity index is 201. The summed E-state index contributed by atoms with van der Waals surface area (Å²) in [6.07, 6.45) is 6.91. The standard InChI is InChI=1S/C13H22O2/c1-4-14-9-12-8-6-7-11(3)13(12)10-15-5-2/h4-5,11-13H,1-2,6-10H2,3H3. The van der Waals surface area contributed by atoms with Crippen LogP contribution in [-0.2, 0) is 9.47 Å². The average molecular weight is 210 g/mol. The number of ether oxygens (including phenoxy) is 2. The van der Waals surface area contributed by atoms with Crippen molar-refractivity contribution in [3.63, 3.8) is 0 Å². The zero-order valence-corrected chi connectivity index (χ0v) is 9.65. The van der Waals surface area contributed by atoms with Crippen LogP contribution in [0.2, 0.25) is 0 Å². The molecule has 0 bridgehead atoms. The molecular weight excluding hydrogens is 188 g/mol. The van der Waals surface area contributed by atoms with Gasteiger partial charge in [0.15, 0.2) is 0 Å². The van der Waals surface area contributed by atoms with Crippen LogP contribution in [0.5, 0.6) is 0 Å². The van der Waals surface area contributed by atoms with Crippen LogP contribution in [-0.4, -0.2) is 13.2 Å². The molecule has 0 aliphatic heterocycles. The van der Waals surface area contributed by atoms with Crippen LogP contribution in [0.3, 0.4) is 0 Å². The lowest BCUT2D eigenvalue weighted by molar-refractivity contribution is 0.0407. The van der Waals surface area contributed by atoms with Crippen molar-refractivity contribution in [2.24, 2.45) is 17.8 Å². The largest absolute Gasteiger partial charge is 0.502 e. The first-order valence-corrected chi connectivity index (χ1v) is 5.74. The van der Waals surface area contributed by atoms with E-state index in [9.17, 15) is 0 Å². The molecule has 1 saturated carbocycles. The van der Waals surface area contributed by atoms with Crippen LogP contribution < -0.4 is 0 Å². The fourth-order valence-corrected chi connectivity index (χ4v) is 2.47. The van der Waals surface area contributed by atoms with Crippen LogP contribution in [0, 0.1) is 17.8 Å². The SMILES string of the molecule is C=COCC1CCCC(C)C1COC=C. The molecule has 0 saturated heterocycles. The van der Waals surface area contributed by atoms with Crippen molar-refractivity contribution in [3.8, 4) is 0 Å². The molecule has 86 valence electrons. The molecule has 1 aliphatic rings. The second-order valence-electron chi connectivity index (χ2n) is 4.33. The van der Waals surface area contributed by atoms with Crippen molar-refractivity contribution in [1.82, 2.24) is 0 Å². The summed E-state index contributed by atoms with van der Waals surface area (Å²) in [4.78, 5) is 0. The molecule has 1 rings (SSSR count). The summed E-state index contributed by atoms with van der Waals surface area (Å²) in [5, 5.41) is 0. The van der Waals surface area contributed by atoms with Gasteiger partial charge in [-0.2, -0.15) is 0 Å². The molecule has 2 nitrogen and oxygen atoms in total. The van der Waals surface area contributed by atoms with Crippen LogP contribution in [0.1, 0.15) is 26.2 Å². The highest BCUT2D eigenvalue weighted by molar-refractivity contribution is 4.80. The third-order valence-electron chi connectivity index (χ3n) is 3.41. The van der Waals surface area contributed by atoms with E-state index >= 15 is 0 Å². The molecule has 0 aromatic heterocycles. The van der Waals surface area contributed by atoms with Crippen LogP contribution >= 0.6 is 0 Å². The minimum atomic E-state index is 0.594. The fourth-order valence-electron chi connectivity index (χ4n) is 2.47. The van der Waals surface area contributed by atoms with E-state index in [0.29, 0.717) is 11.8 Å². The van der Waals surface area contributed by atoms with E-state index in [2.05, 4.69) is 20.1 Å². The van der Waals surface area contributed by atoms with Gasteiger partial charge in [0.1, 0.15) is 0 Å². The van der Waals surface area contributed by atoms with Gasteiger partial charge in [-0.25, -0.2) is 0 Å². The Morgan fingerprint density at radius 2 is 1.80 bits per heavy atom.